The predicted octanol–water partition coefficient (Wildman–Crippen LogP) is 1.37. The zero-order valence-corrected chi connectivity index (χ0v) is 5.54. The van der Waals surface area contributed by atoms with Crippen molar-refractivity contribution < 1.29 is 9.47 Å². The van der Waals surface area contributed by atoms with Crippen molar-refractivity contribution in [2.24, 2.45) is 0 Å². The molecule has 2 heterocycles. The van der Waals surface area contributed by atoms with E-state index in [2.05, 4.69) is 0 Å². The van der Waals surface area contributed by atoms with E-state index >= 15 is 0 Å². The standard InChI is InChI=1S/C8H8O2/c1-2-7-6-9-5-3-8(7)10-4-1/h1-3,5H,4,6H2. The molecular weight excluding hydrogens is 128 g/mol. The van der Waals surface area contributed by atoms with Crippen molar-refractivity contribution in [2.45, 2.75) is 0 Å². The van der Waals surface area contributed by atoms with E-state index in [1.807, 2.05) is 18.2 Å². The lowest BCUT2D eigenvalue weighted by Gasteiger charge is -2.17. The molecule has 0 bridgehead atoms. The Balaban J connectivity index is 2.32. The summed E-state index contributed by atoms with van der Waals surface area (Å²) < 4.78 is 10.4. The van der Waals surface area contributed by atoms with Gasteiger partial charge in [-0.1, -0.05) is 6.08 Å². The predicted molar refractivity (Wildman–Crippen MR) is 37.2 cm³/mol. The smallest absolute Gasteiger partial charge is 0.129 e. The van der Waals surface area contributed by atoms with Gasteiger partial charge < -0.3 is 9.47 Å². The van der Waals surface area contributed by atoms with Gasteiger partial charge in [-0.25, -0.2) is 0 Å². The van der Waals surface area contributed by atoms with Gasteiger partial charge in [0.25, 0.3) is 0 Å². The molecule has 0 aromatic carbocycles. The first-order chi connectivity index (χ1) is 4.97. The molecule has 2 aliphatic rings. The summed E-state index contributed by atoms with van der Waals surface area (Å²) in [7, 11) is 0. The summed E-state index contributed by atoms with van der Waals surface area (Å²) in [5.74, 6) is 0.953. The summed E-state index contributed by atoms with van der Waals surface area (Å²) >= 11 is 0. The molecule has 0 saturated carbocycles. The van der Waals surface area contributed by atoms with Crippen LogP contribution < -0.4 is 0 Å². The van der Waals surface area contributed by atoms with E-state index in [9.17, 15) is 0 Å². The molecule has 2 aliphatic heterocycles. The molecule has 0 amide bonds. The van der Waals surface area contributed by atoms with Crippen molar-refractivity contribution in [3.8, 4) is 0 Å². The van der Waals surface area contributed by atoms with E-state index in [1.54, 1.807) is 6.26 Å². The van der Waals surface area contributed by atoms with Crippen molar-refractivity contribution in [2.75, 3.05) is 13.2 Å². The first kappa shape index (κ1) is 5.59. The van der Waals surface area contributed by atoms with E-state index in [-0.39, 0.29) is 0 Å². The number of ether oxygens (including phenoxy) is 2. The number of hydrogen-bond donors (Lipinski definition) is 0. The molecule has 0 aromatic rings. The van der Waals surface area contributed by atoms with Crippen LogP contribution in [0, 0.1) is 0 Å². The van der Waals surface area contributed by atoms with Gasteiger partial charge in [-0.15, -0.1) is 0 Å². The van der Waals surface area contributed by atoms with Crippen LogP contribution in [-0.2, 0) is 9.47 Å². The van der Waals surface area contributed by atoms with Gasteiger partial charge in [0, 0.05) is 11.6 Å². The van der Waals surface area contributed by atoms with E-state index in [0.717, 1.165) is 11.3 Å². The fourth-order valence-electron chi connectivity index (χ4n) is 1.03. The number of rotatable bonds is 0. The minimum Gasteiger partial charge on any atom is -0.496 e. The minimum absolute atomic E-state index is 0.641. The fraction of sp³-hybridized carbons (Fsp3) is 0.250. The summed E-state index contributed by atoms with van der Waals surface area (Å²) in [5.41, 5.74) is 1.13. The van der Waals surface area contributed by atoms with E-state index in [4.69, 9.17) is 9.47 Å². The van der Waals surface area contributed by atoms with Gasteiger partial charge in [-0.3, -0.25) is 0 Å². The van der Waals surface area contributed by atoms with Gasteiger partial charge in [0.05, 0.1) is 6.26 Å². The van der Waals surface area contributed by atoms with Crippen molar-refractivity contribution in [1.29, 1.82) is 0 Å². The van der Waals surface area contributed by atoms with Gasteiger partial charge in [0.2, 0.25) is 0 Å². The Morgan fingerprint density at radius 2 is 2.30 bits per heavy atom. The van der Waals surface area contributed by atoms with Gasteiger partial charge in [-0.05, 0) is 6.08 Å². The van der Waals surface area contributed by atoms with Crippen LogP contribution in [0.4, 0.5) is 0 Å². The van der Waals surface area contributed by atoms with Gasteiger partial charge in [-0.2, -0.15) is 0 Å². The average Bonchev–Trinajstić information content (AvgIpc) is 2.05. The molecule has 0 aliphatic carbocycles. The van der Waals surface area contributed by atoms with Gasteiger partial charge in [0.1, 0.15) is 19.0 Å². The van der Waals surface area contributed by atoms with Gasteiger partial charge >= 0.3 is 0 Å². The summed E-state index contributed by atoms with van der Waals surface area (Å²) in [6, 6.07) is 0. The molecule has 0 spiro atoms. The van der Waals surface area contributed by atoms with Crippen molar-refractivity contribution >= 4 is 0 Å². The van der Waals surface area contributed by atoms with E-state index < -0.39 is 0 Å². The molecule has 52 valence electrons. The molecule has 0 fully saturated rings. The minimum atomic E-state index is 0.641. The fourth-order valence-corrected chi connectivity index (χ4v) is 1.03. The first-order valence-corrected chi connectivity index (χ1v) is 3.27. The summed E-state index contributed by atoms with van der Waals surface area (Å²) in [5, 5.41) is 0. The highest BCUT2D eigenvalue weighted by atomic mass is 16.5. The average molecular weight is 136 g/mol. The third-order valence-corrected chi connectivity index (χ3v) is 1.53. The van der Waals surface area contributed by atoms with Crippen LogP contribution in [0.2, 0.25) is 0 Å². The Bertz CT molecular complexity index is 199. The largest absolute Gasteiger partial charge is 0.496 e. The lowest BCUT2D eigenvalue weighted by Crippen LogP contribution is -2.07. The van der Waals surface area contributed by atoms with E-state index in [0.29, 0.717) is 13.2 Å². The maximum Gasteiger partial charge on any atom is 0.129 e. The molecule has 0 unspecified atom stereocenters. The maximum atomic E-state index is 5.31. The summed E-state index contributed by atoms with van der Waals surface area (Å²) in [4.78, 5) is 0. The molecule has 0 aromatic heterocycles. The van der Waals surface area contributed by atoms with Crippen LogP contribution in [0.15, 0.2) is 35.8 Å². The van der Waals surface area contributed by atoms with Crippen LogP contribution in [0.1, 0.15) is 0 Å². The van der Waals surface area contributed by atoms with Crippen LogP contribution in [0.3, 0.4) is 0 Å². The zero-order valence-electron chi connectivity index (χ0n) is 5.54. The second-order valence-electron chi connectivity index (χ2n) is 2.22. The lowest BCUT2D eigenvalue weighted by molar-refractivity contribution is 0.216. The highest BCUT2D eigenvalue weighted by molar-refractivity contribution is 5.33. The molecule has 0 N–H and O–H groups in total. The first-order valence-electron chi connectivity index (χ1n) is 3.27. The second-order valence-corrected chi connectivity index (χ2v) is 2.22. The molecule has 0 saturated heterocycles. The third kappa shape index (κ3) is 0.817. The zero-order chi connectivity index (χ0) is 6.81. The Morgan fingerprint density at radius 1 is 1.30 bits per heavy atom. The van der Waals surface area contributed by atoms with Crippen LogP contribution in [0.25, 0.3) is 0 Å². The van der Waals surface area contributed by atoms with Gasteiger partial charge in [0.15, 0.2) is 0 Å². The highest BCUT2D eigenvalue weighted by Crippen LogP contribution is 2.18. The van der Waals surface area contributed by atoms with Crippen molar-refractivity contribution in [3.05, 3.63) is 35.8 Å². The van der Waals surface area contributed by atoms with Crippen LogP contribution >= 0.6 is 0 Å². The van der Waals surface area contributed by atoms with Crippen LogP contribution in [-0.4, -0.2) is 13.2 Å². The van der Waals surface area contributed by atoms with Crippen molar-refractivity contribution in [1.82, 2.24) is 0 Å². The molecule has 2 rings (SSSR count). The monoisotopic (exact) mass is 136 g/mol. The summed E-state index contributed by atoms with van der Waals surface area (Å²) in [6.07, 6.45) is 7.55. The third-order valence-electron chi connectivity index (χ3n) is 1.53. The molecule has 0 atom stereocenters. The molecule has 0 radical (unpaired) electrons. The normalized spacial score (nSPS) is 21.6. The Morgan fingerprint density at radius 3 is 3.20 bits per heavy atom. The Kier molecular flexibility index (Phi) is 1.24. The van der Waals surface area contributed by atoms with E-state index in [1.165, 1.54) is 0 Å². The topological polar surface area (TPSA) is 18.5 Å². The maximum absolute atomic E-state index is 5.31. The lowest BCUT2D eigenvalue weighted by atomic mass is 10.1. The highest BCUT2D eigenvalue weighted by Gasteiger charge is 2.09. The SMILES string of the molecule is C1=CC2=C(C=COC2)OC1. The molecule has 2 nitrogen and oxygen atoms in total. The quantitative estimate of drug-likeness (QED) is 0.500. The molecule has 10 heavy (non-hydrogen) atoms. The van der Waals surface area contributed by atoms with Crippen LogP contribution in [0.5, 0.6) is 0 Å². The summed E-state index contributed by atoms with van der Waals surface area (Å²) in [6.45, 7) is 1.32. The Labute approximate surface area is 59.4 Å². The number of allylic oxidation sites excluding steroid dienone is 1. The second kappa shape index (κ2) is 2.21. The molecular formula is C8H8O2. The Hall–Kier alpha value is -1.18. The van der Waals surface area contributed by atoms with Crippen molar-refractivity contribution in [3.63, 3.8) is 0 Å². The molecule has 2 heteroatoms. The number of hydrogen-bond acceptors (Lipinski definition) is 2.